The maximum absolute atomic E-state index is 4.22. The molecule has 0 unspecified atom stereocenters. The molecule has 1 N–H and O–H groups in total. The van der Waals surface area contributed by atoms with Gasteiger partial charge in [0.2, 0.25) is 0 Å². The van der Waals surface area contributed by atoms with Gasteiger partial charge in [-0.25, -0.2) is 0 Å². The van der Waals surface area contributed by atoms with Crippen LogP contribution in [0.3, 0.4) is 0 Å². The van der Waals surface area contributed by atoms with Crippen molar-refractivity contribution in [3.63, 3.8) is 0 Å². The lowest BCUT2D eigenvalue weighted by molar-refractivity contribution is 1.37. The van der Waals surface area contributed by atoms with E-state index in [0.717, 1.165) is 10.6 Å². The highest BCUT2D eigenvalue weighted by molar-refractivity contribution is 7.80. The zero-order valence-electron chi connectivity index (χ0n) is 10.5. The van der Waals surface area contributed by atoms with Gasteiger partial charge in [0.15, 0.2) is 0 Å². The Labute approximate surface area is 104 Å². The fourth-order valence-corrected chi connectivity index (χ4v) is 1.36. The van der Waals surface area contributed by atoms with Gasteiger partial charge < -0.3 is 4.98 Å². The van der Waals surface area contributed by atoms with Crippen molar-refractivity contribution < 1.29 is 0 Å². The third-order valence-electron chi connectivity index (χ3n) is 1.75. The van der Waals surface area contributed by atoms with E-state index in [2.05, 4.69) is 29.7 Å². The lowest BCUT2D eigenvalue weighted by Gasteiger charge is -1.94. The first kappa shape index (κ1) is 14.8. The monoisotopic (exact) mass is 235 g/mol. The van der Waals surface area contributed by atoms with Gasteiger partial charge in [-0.15, -0.1) is 12.6 Å². The summed E-state index contributed by atoms with van der Waals surface area (Å²) in [6.07, 6.45) is 1.88. The molecule has 0 radical (unpaired) electrons. The zero-order chi connectivity index (χ0) is 12.4. The van der Waals surface area contributed by atoms with E-state index in [1.165, 1.54) is 5.56 Å². The summed E-state index contributed by atoms with van der Waals surface area (Å²) in [6, 6.07) is 12.2. The van der Waals surface area contributed by atoms with Crippen molar-refractivity contribution >= 4 is 12.6 Å². The minimum Gasteiger partial charge on any atom is -0.360 e. The number of thiol groups is 1. The minimum atomic E-state index is 0.967. The van der Waals surface area contributed by atoms with Crippen molar-refractivity contribution in [1.82, 2.24) is 4.98 Å². The zero-order valence-corrected chi connectivity index (χ0v) is 11.4. The number of H-pyrrole nitrogens is 1. The number of aromatic amines is 1. The number of nitrogens with one attached hydrogen (secondary N) is 1. The van der Waals surface area contributed by atoms with Gasteiger partial charge in [-0.05, 0) is 11.6 Å². The lowest BCUT2D eigenvalue weighted by atomic mass is 10.2. The number of hydrogen-bond donors (Lipinski definition) is 2. The first-order valence-electron chi connectivity index (χ1n) is 5.79. The molecule has 2 aromatic rings. The lowest BCUT2D eigenvalue weighted by Crippen LogP contribution is -1.73. The molecule has 1 aromatic carbocycles. The van der Waals surface area contributed by atoms with Gasteiger partial charge >= 0.3 is 0 Å². The second-order valence-electron chi connectivity index (χ2n) is 2.64. The molecular weight excluding hydrogens is 214 g/mol. The average molecular weight is 235 g/mol. The van der Waals surface area contributed by atoms with Crippen molar-refractivity contribution in [2.45, 2.75) is 32.6 Å². The molecule has 1 aromatic heterocycles. The third-order valence-corrected chi connectivity index (χ3v) is 2.01. The standard InChI is InChI=1S/C10H9NS.2C2H6/c12-9-6-10(11-7-9)8-4-2-1-3-5-8;2*1-2/h1-7,11-12H;2*1-2H3. The summed E-state index contributed by atoms with van der Waals surface area (Å²) in [7, 11) is 0. The van der Waals surface area contributed by atoms with Crippen molar-refractivity contribution in [3.05, 3.63) is 42.6 Å². The summed E-state index contributed by atoms with van der Waals surface area (Å²) >= 11 is 4.22. The predicted molar refractivity (Wildman–Crippen MR) is 76.2 cm³/mol. The Morgan fingerprint density at radius 3 is 1.94 bits per heavy atom. The Morgan fingerprint density at radius 1 is 0.938 bits per heavy atom. The van der Waals surface area contributed by atoms with E-state index < -0.39 is 0 Å². The van der Waals surface area contributed by atoms with Crippen LogP contribution in [-0.2, 0) is 0 Å². The Balaban J connectivity index is 0.000000509. The molecule has 0 saturated carbocycles. The highest BCUT2D eigenvalue weighted by atomic mass is 32.1. The molecule has 0 bridgehead atoms. The molecule has 0 spiro atoms. The van der Waals surface area contributed by atoms with E-state index in [0.29, 0.717) is 0 Å². The van der Waals surface area contributed by atoms with Crippen molar-refractivity contribution in [1.29, 1.82) is 0 Å². The van der Waals surface area contributed by atoms with Gasteiger partial charge in [-0.2, -0.15) is 0 Å². The molecular formula is C14H21NS. The number of benzene rings is 1. The molecule has 0 aliphatic heterocycles. The van der Waals surface area contributed by atoms with E-state index in [1.807, 2.05) is 58.2 Å². The second kappa shape index (κ2) is 9.10. The molecule has 88 valence electrons. The maximum Gasteiger partial charge on any atom is 0.0465 e. The minimum absolute atomic E-state index is 0.967. The molecule has 2 heteroatoms. The van der Waals surface area contributed by atoms with Crippen LogP contribution in [0.15, 0.2) is 47.5 Å². The van der Waals surface area contributed by atoms with Crippen LogP contribution in [0, 0.1) is 0 Å². The van der Waals surface area contributed by atoms with Crippen LogP contribution in [-0.4, -0.2) is 4.98 Å². The molecule has 1 nitrogen and oxygen atoms in total. The van der Waals surface area contributed by atoms with E-state index in [4.69, 9.17) is 0 Å². The third kappa shape index (κ3) is 4.58. The quantitative estimate of drug-likeness (QED) is 0.645. The van der Waals surface area contributed by atoms with E-state index >= 15 is 0 Å². The van der Waals surface area contributed by atoms with E-state index in [-0.39, 0.29) is 0 Å². The van der Waals surface area contributed by atoms with Gasteiger partial charge in [-0.1, -0.05) is 58.0 Å². The van der Waals surface area contributed by atoms with Crippen LogP contribution in [0.4, 0.5) is 0 Å². The number of hydrogen-bond acceptors (Lipinski definition) is 1. The number of aromatic nitrogens is 1. The van der Waals surface area contributed by atoms with Crippen LogP contribution in [0.2, 0.25) is 0 Å². The summed E-state index contributed by atoms with van der Waals surface area (Å²) in [5, 5.41) is 0. The molecule has 0 amide bonds. The molecule has 1 heterocycles. The predicted octanol–water partition coefficient (Wildman–Crippen LogP) is 5.02. The molecule has 16 heavy (non-hydrogen) atoms. The summed E-state index contributed by atoms with van der Waals surface area (Å²) < 4.78 is 0. The Bertz CT molecular complexity index is 365. The van der Waals surface area contributed by atoms with Crippen LogP contribution < -0.4 is 0 Å². The SMILES string of the molecule is CC.CC.Sc1c[nH]c(-c2ccccc2)c1. The van der Waals surface area contributed by atoms with Gasteiger partial charge in [0.05, 0.1) is 0 Å². The fourth-order valence-electron chi connectivity index (χ4n) is 1.17. The second-order valence-corrected chi connectivity index (χ2v) is 3.15. The summed E-state index contributed by atoms with van der Waals surface area (Å²) in [5.41, 5.74) is 2.30. The van der Waals surface area contributed by atoms with Crippen LogP contribution >= 0.6 is 12.6 Å². The van der Waals surface area contributed by atoms with Gasteiger partial charge in [0.1, 0.15) is 0 Å². The Hall–Kier alpha value is -1.15. The van der Waals surface area contributed by atoms with Crippen LogP contribution in [0.1, 0.15) is 27.7 Å². The van der Waals surface area contributed by atoms with E-state index in [9.17, 15) is 0 Å². The van der Waals surface area contributed by atoms with E-state index in [1.54, 1.807) is 0 Å². The summed E-state index contributed by atoms with van der Waals surface area (Å²) in [4.78, 5) is 4.11. The topological polar surface area (TPSA) is 15.8 Å². The Kier molecular flexibility index (Phi) is 8.45. The average Bonchev–Trinajstić information content (AvgIpc) is 2.82. The van der Waals surface area contributed by atoms with Gasteiger partial charge in [0.25, 0.3) is 0 Å². The molecule has 0 atom stereocenters. The first-order chi connectivity index (χ1) is 7.86. The van der Waals surface area contributed by atoms with Gasteiger partial charge in [-0.3, -0.25) is 0 Å². The molecule has 0 aliphatic carbocycles. The van der Waals surface area contributed by atoms with Crippen molar-refractivity contribution in [2.75, 3.05) is 0 Å². The normalized spacial score (nSPS) is 8.31. The first-order valence-corrected chi connectivity index (χ1v) is 6.24. The highest BCUT2D eigenvalue weighted by Crippen LogP contribution is 2.19. The molecule has 0 aliphatic rings. The fraction of sp³-hybridized carbons (Fsp3) is 0.286. The smallest absolute Gasteiger partial charge is 0.0465 e. The van der Waals surface area contributed by atoms with Crippen molar-refractivity contribution in [2.24, 2.45) is 0 Å². The van der Waals surface area contributed by atoms with Crippen molar-refractivity contribution in [3.8, 4) is 11.3 Å². The Morgan fingerprint density at radius 2 is 1.50 bits per heavy atom. The van der Waals surface area contributed by atoms with Crippen LogP contribution in [0.5, 0.6) is 0 Å². The van der Waals surface area contributed by atoms with Crippen LogP contribution in [0.25, 0.3) is 11.3 Å². The molecule has 2 rings (SSSR count). The summed E-state index contributed by atoms with van der Waals surface area (Å²) in [5.74, 6) is 0. The maximum atomic E-state index is 4.22. The highest BCUT2D eigenvalue weighted by Gasteiger charge is 1.97. The molecule has 0 saturated heterocycles. The summed E-state index contributed by atoms with van der Waals surface area (Å²) in [6.45, 7) is 8.00. The number of rotatable bonds is 1. The largest absolute Gasteiger partial charge is 0.360 e. The molecule has 0 fully saturated rings. The van der Waals surface area contributed by atoms with Gasteiger partial charge in [0, 0.05) is 16.8 Å².